The highest BCUT2D eigenvalue weighted by molar-refractivity contribution is 5.91. The molecule has 1 aromatic rings. The Morgan fingerprint density at radius 2 is 1.31 bits per heavy atom. The van der Waals surface area contributed by atoms with Gasteiger partial charge < -0.3 is 28.4 Å². The molecule has 11 nitrogen and oxygen atoms in total. The Kier molecular flexibility index (Phi) is 9.95. The van der Waals surface area contributed by atoms with Crippen molar-refractivity contribution in [2.45, 2.75) is 65.3 Å². The Balaban J connectivity index is 2.40. The summed E-state index contributed by atoms with van der Waals surface area (Å²) in [5.74, 6) is -2.62. The molecule has 5 unspecified atom stereocenters. The third kappa shape index (κ3) is 8.85. The van der Waals surface area contributed by atoms with Gasteiger partial charge in [0.2, 0.25) is 12.4 Å². The standard InChI is InChI=1S/C24H28O11/c1-13(25)6-7-18-8-10-19(11-9-18)34-24-23(33-17(5)29)22(32-16(4)28)21(31-15(3)27)20(35-24)12-30-14(2)26/h6-11,20-24H,12H2,1-5H3/b7-6+. The molecule has 1 fully saturated rings. The fourth-order valence-corrected chi connectivity index (χ4v) is 3.29. The summed E-state index contributed by atoms with van der Waals surface area (Å²) < 4.78 is 32.8. The van der Waals surface area contributed by atoms with Crippen LogP contribution in [0.25, 0.3) is 6.08 Å². The van der Waals surface area contributed by atoms with Gasteiger partial charge in [-0.1, -0.05) is 18.2 Å². The topological polar surface area (TPSA) is 141 Å². The second kappa shape index (κ2) is 12.7. The average molecular weight is 492 g/mol. The van der Waals surface area contributed by atoms with Crippen molar-refractivity contribution < 1.29 is 52.4 Å². The lowest BCUT2D eigenvalue weighted by molar-refractivity contribution is -0.288. The SMILES string of the molecule is CC(=O)/C=C/c1ccc(OC2OC(COC(C)=O)C(OC(C)=O)C(OC(C)=O)C2OC(C)=O)cc1. The van der Waals surface area contributed by atoms with Crippen LogP contribution in [0.3, 0.4) is 0 Å². The maximum atomic E-state index is 11.9. The van der Waals surface area contributed by atoms with Crippen LogP contribution < -0.4 is 4.74 Å². The predicted molar refractivity (Wildman–Crippen MR) is 119 cm³/mol. The molecule has 0 aromatic heterocycles. The van der Waals surface area contributed by atoms with Crippen LogP contribution in [-0.4, -0.2) is 67.0 Å². The Morgan fingerprint density at radius 3 is 1.83 bits per heavy atom. The second-order valence-corrected chi connectivity index (χ2v) is 7.70. The molecule has 0 spiro atoms. The van der Waals surface area contributed by atoms with E-state index in [0.29, 0.717) is 5.75 Å². The molecule has 1 aliphatic rings. The molecule has 1 aliphatic heterocycles. The van der Waals surface area contributed by atoms with Gasteiger partial charge in [0.1, 0.15) is 18.5 Å². The van der Waals surface area contributed by atoms with Gasteiger partial charge in [-0.05, 0) is 30.7 Å². The van der Waals surface area contributed by atoms with Gasteiger partial charge >= 0.3 is 23.9 Å². The third-order valence-corrected chi connectivity index (χ3v) is 4.59. The van der Waals surface area contributed by atoms with E-state index in [1.165, 1.54) is 19.9 Å². The summed E-state index contributed by atoms with van der Waals surface area (Å²) in [6.07, 6.45) is -3.31. The fourth-order valence-electron chi connectivity index (χ4n) is 3.29. The summed E-state index contributed by atoms with van der Waals surface area (Å²) in [5, 5.41) is 0. The van der Waals surface area contributed by atoms with Gasteiger partial charge in [-0.15, -0.1) is 0 Å². The minimum atomic E-state index is -1.33. The number of hydrogen-bond donors (Lipinski definition) is 0. The van der Waals surface area contributed by atoms with E-state index >= 15 is 0 Å². The molecule has 0 radical (unpaired) electrons. The van der Waals surface area contributed by atoms with E-state index in [1.54, 1.807) is 30.3 Å². The van der Waals surface area contributed by atoms with Crippen molar-refractivity contribution in [3.8, 4) is 5.75 Å². The number of carbonyl (C=O) groups excluding carboxylic acids is 5. The summed E-state index contributed by atoms with van der Waals surface area (Å²) in [6.45, 7) is 5.67. The van der Waals surface area contributed by atoms with Gasteiger partial charge in [-0.25, -0.2) is 0 Å². The molecule has 11 heteroatoms. The molecule has 1 aromatic carbocycles. The highest BCUT2D eigenvalue weighted by Gasteiger charge is 2.53. The monoisotopic (exact) mass is 492 g/mol. The smallest absolute Gasteiger partial charge is 0.303 e. The molecule has 5 atom stereocenters. The van der Waals surface area contributed by atoms with E-state index in [9.17, 15) is 24.0 Å². The van der Waals surface area contributed by atoms with Gasteiger partial charge in [0, 0.05) is 27.7 Å². The van der Waals surface area contributed by atoms with Gasteiger partial charge in [0.25, 0.3) is 0 Å². The number of ether oxygens (including phenoxy) is 6. The molecular weight excluding hydrogens is 464 g/mol. The molecule has 190 valence electrons. The van der Waals surface area contributed by atoms with Crippen LogP contribution in [0.5, 0.6) is 5.75 Å². The van der Waals surface area contributed by atoms with Crippen LogP contribution in [0.1, 0.15) is 40.2 Å². The largest absolute Gasteiger partial charge is 0.463 e. The molecule has 1 heterocycles. The van der Waals surface area contributed by atoms with Crippen molar-refractivity contribution in [3.05, 3.63) is 35.9 Å². The summed E-state index contributed by atoms with van der Waals surface area (Å²) in [6, 6.07) is 6.54. The van der Waals surface area contributed by atoms with Crippen molar-refractivity contribution in [1.82, 2.24) is 0 Å². The highest BCUT2D eigenvalue weighted by atomic mass is 16.7. The maximum absolute atomic E-state index is 11.9. The first-order chi connectivity index (χ1) is 16.5. The predicted octanol–water partition coefficient (Wildman–Crippen LogP) is 1.75. The van der Waals surface area contributed by atoms with E-state index < -0.39 is 54.6 Å². The Hall–Kier alpha value is -3.73. The van der Waals surface area contributed by atoms with Crippen molar-refractivity contribution in [2.24, 2.45) is 0 Å². The van der Waals surface area contributed by atoms with E-state index in [4.69, 9.17) is 28.4 Å². The number of rotatable bonds is 9. The number of carbonyl (C=O) groups is 5. The minimum absolute atomic E-state index is 0.108. The Bertz CT molecular complexity index is 966. The number of esters is 4. The zero-order valence-electron chi connectivity index (χ0n) is 20.0. The molecule has 1 saturated heterocycles. The van der Waals surface area contributed by atoms with Gasteiger partial charge in [-0.3, -0.25) is 24.0 Å². The minimum Gasteiger partial charge on any atom is -0.463 e. The molecule has 0 aliphatic carbocycles. The molecule has 0 bridgehead atoms. The van der Waals surface area contributed by atoms with Gasteiger partial charge in [-0.2, -0.15) is 0 Å². The fraction of sp³-hybridized carbons (Fsp3) is 0.458. The first-order valence-corrected chi connectivity index (χ1v) is 10.7. The van der Waals surface area contributed by atoms with Crippen molar-refractivity contribution in [3.63, 3.8) is 0 Å². The lowest BCUT2D eigenvalue weighted by Gasteiger charge is -2.43. The van der Waals surface area contributed by atoms with Crippen LogP contribution in [0.2, 0.25) is 0 Å². The maximum Gasteiger partial charge on any atom is 0.303 e. The van der Waals surface area contributed by atoms with Crippen LogP contribution in [0, 0.1) is 0 Å². The number of hydrogen-bond acceptors (Lipinski definition) is 11. The number of benzene rings is 1. The van der Waals surface area contributed by atoms with Gasteiger partial charge in [0.15, 0.2) is 18.0 Å². The molecule has 35 heavy (non-hydrogen) atoms. The van der Waals surface area contributed by atoms with E-state index in [2.05, 4.69) is 0 Å². The first-order valence-electron chi connectivity index (χ1n) is 10.7. The van der Waals surface area contributed by atoms with Crippen LogP contribution in [0.4, 0.5) is 0 Å². The van der Waals surface area contributed by atoms with Crippen molar-refractivity contribution in [2.75, 3.05) is 6.61 Å². The molecule has 0 amide bonds. The van der Waals surface area contributed by atoms with Crippen molar-refractivity contribution >= 4 is 35.7 Å². The zero-order chi connectivity index (χ0) is 26.1. The first kappa shape index (κ1) is 27.5. The van der Waals surface area contributed by atoms with Crippen LogP contribution >= 0.6 is 0 Å². The van der Waals surface area contributed by atoms with E-state index in [-0.39, 0.29) is 12.4 Å². The zero-order valence-corrected chi connectivity index (χ0v) is 20.0. The van der Waals surface area contributed by atoms with Crippen LogP contribution in [0.15, 0.2) is 30.3 Å². The normalized spacial score (nSPS) is 23.7. The Labute approximate surface area is 202 Å². The summed E-state index contributed by atoms with van der Waals surface area (Å²) in [7, 11) is 0. The van der Waals surface area contributed by atoms with Crippen LogP contribution in [-0.2, 0) is 47.7 Å². The van der Waals surface area contributed by atoms with E-state index in [0.717, 1.165) is 26.3 Å². The summed E-state index contributed by atoms with van der Waals surface area (Å²) >= 11 is 0. The quantitative estimate of drug-likeness (QED) is 0.283. The average Bonchev–Trinajstić information content (AvgIpc) is 2.75. The molecule has 0 saturated carbocycles. The van der Waals surface area contributed by atoms with Gasteiger partial charge in [0.05, 0.1) is 0 Å². The molecule has 0 N–H and O–H groups in total. The van der Waals surface area contributed by atoms with E-state index in [1.807, 2.05) is 0 Å². The lowest BCUT2D eigenvalue weighted by atomic mass is 9.98. The number of allylic oxidation sites excluding steroid dienone is 1. The second-order valence-electron chi connectivity index (χ2n) is 7.70. The van der Waals surface area contributed by atoms with Crippen molar-refractivity contribution in [1.29, 1.82) is 0 Å². The molecular formula is C24H28O11. The summed E-state index contributed by atoms with van der Waals surface area (Å²) in [4.78, 5) is 58.0. The Morgan fingerprint density at radius 1 is 0.771 bits per heavy atom. The highest BCUT2D eigenvalue weighted by Crippen LogP contribution is 2.31. The number of ketones is 1. The summed E-state index contributed by atoms with van der Waals surface area (Å²) in [5.41, 5.74) is 0.731. The molecule has 2 rings (SSSR count). The lowest BCUT2D eigenvalue weighted by Crippen LogP contribution is -2.63. The third-order valence-electron chi connectivity index (χ3n) is 4.59.